The Balaban J connectivity index is 1.68. The summed E-state index contributed by atoms with van der Waals surface area (Å²) < 4.78 is 15.4. The van der Waals surface area contributed by atoms with Gasteiger partial charge in [-0.1, -0.05) is 18.2 Å². The Morgan fingerprint density at radius 3 is 2.72 bits per heavy atom. The molecule has 0 radical (unpaired) electrons. The molecule has 4 nitrogen and oxygen atoms in total. The van der Waals surface area contributed by atoms with Crippen LogP contribution in [0.3, 0.4) is 0 Å². The first-order chi connectivity index (χ1) is 11.9. The van der Waals surface area contributed by atoms with Crippen LogP contribution in [0.15, 0.2) is 42.5 Å². The highest BCUT2D eigenvalue weighted by molar-refractivity contribution is 5.79. The van der Waals surface area contributed by atoms with E-state index in [-0.39, 0.29) is 18.1 Å². The molecule has 1 amide bonds. The average molecular weight is 339 g/mol. The van der Waals surface area contributed by atoms with Crippen molar-refractivity contribution in [3.63, 3.8) is 0 Å². The van der Waals surface area contributed by atoms with Crippen LogP contribution in [0.4, 0.5) is 4.39 Å². The number of benzene rings is 2. The van der Waals surface area contributed by atoms with Crippen molar-refractivity contribution in [3.05, 3.63) is 65.2 Å². The molecule has 1 heterocycles. The zero-order valence-electron chi connectivity index (χ0n) is 14.7. The molecule has 1 aromatic heterocycles. The fourth-order valence-corrected chi connectivity index (χ4v) is 3.12. The molecule has 3 aromatic rings. The van der Waals surface area contributed by atoms with Crippen molar-refractivity contribution < 1.29 is 9.18 Å². The summed E-state index contributed by atoms with van der Waals surface area (Å²) >= 11 is 0. The highest BCUT2D eigenvalue weighted by Gasteiger charge is 2.11. The van der Waals surface area contributed by atoms with Crippen LogP contribution in [0.25, 0.3) is 11.0 Å². The number of halogens is 1. The van der Waals surface area contributed by atoms with E-state index < -0.39 is 0 Å². The monoisotopic (exact) mass is 339 g/mol. The van der Waals surface area contributed by atoms with E-state index in [4.69, 9.17) is 0 Å². The molecule has 130 valence electrons. The minimum absolute atomic E-state index is 0.130. The first-order valence-electron chi connectivity index (χ1n) is 8.42. The quantitative estimate of drug-likeness (QED) is 0.766. The predicted octanol–water partition coefficient (Wildman–Crippen LogP) is 3.92. The van der Waals surface area contributed by atoms with Gasteiger partial charge in [0.2, 0.25) is 5.91 Å². The van der Waals surface area contributed by atoms with Crippen LogP contribution in [0.1, 0.15) is 36.8 Å². The summed E-state index contributed by atoms with van der Waals surface area (Å²) in [6.45, 7) is 6.70. The van der Waals surface area contributed by atoms with Gasteiger partial charge in [0.05, 0.1) is 17.5 Å². The second-order valence-electron chi connectivity index (χ2n) is 6.53. The number of nitrogens with one attached hydrogen (secondary N) is 1. The van der Waals surface area contributed by atoms with Crippen LogP contribution in [0, 0.1) is 12.7 Å². The van der Waals surface area contributed by atoms with Crippen LogP contribution < -0.4 is 5.32 Å². The summed E-state index contributed by atoms with van der Waals surface area (Å²) in [5, 5.41) is 2.88. The van der Waals surface area contributed by atoms with Gasteiger partial charge in [-0.2, -0.15) is 0 Å². The van der Waals surface area contributed by atoms with E-state index in [0.717, 1.165) is 22.4 Å². The van der Waals surface area contributed by atoms with Crippen LogP contribution in [-0.4, -0.2) is 15.5 Å². The third-order valence-electron chi connectivity index (χ3n) is 4.19. The zero-order valence-corrected chi connectivity index (χ0v) is 14.7. The first kappa shape index (κ1) is 17.1. The summed E-state index contributed by atoms with van der Waals surface area (Å²) in [6.07, 6.45) is 0.168. The molecule has 0 fully saturated rings. The number of hydrogen-bond acceptors (Lipinski definition) is 2. The molecule has 0 saturated heterocycles. The van der Waals surface area contributed by atoms with Gasteiger partial charge in [-0.15, -0.1) is 0 Å². The minimum atomic E-state index is -0.327. The molecule has 0 saturated carbocycles. The second kappa shape index (κ2) is 7.05. The van der Waals surface area contributed by atoms with Crippen molar-refractivity contribution in [3.8, 4) is 0 Å². The van der Waals surface area contributed by atoms with E-state index in [0.29, 0.717) is 18.2 Å². The van der Waals surface area contributed by atoms with Crippen molar-refractivity contribution in [1.29, 1.82) is 0 Å². The summed E-state index contributed by atoms with van der Waals surface area (Å²) in [5.74, 6) is 0.527. The van der Waals surface area contributed by atoms with E-state index in [1.807, 2.05) is 25.1 Å². The molecular formula is C20H22FN3O. The van der Waals surface area contributed by atoms with E-state index in [1.54, 1.807) is 12.1 Å². The zero-order chi connectivity index (χ0) is 18.0. The Morgan fingerprint density at radius 2 is 2.00 bits per heavy atom. The van der Waals surface area contributed by atoms with Gasteiger partial charge in [-0.3, -0.25) is 4.79 Å². The van der Waals surface area contributed by atoms with Crippen molar-refractivity contribution in [2.45, 2.75) is 39.8 Å². The molecule has 25 heavy (non-hydrogen) atoms. The fourth-order valence-electron chi connectivity index (χ4n) is 3.12. The number of aromatic nitrogens is 2. The van der Waals surface area contributed by atoms with E-state index in [9.17, 15) is 9.18 Å². The molecule has 2 aromatic carbocycles. The maximum Gasteiger partial charge on any atom is 0.224 e. The van der Waals surface area contributed by atoms with Gasteiger partial charge in [0.1, 0.15) is 11.6 Å². The van der Waals surface area contributed by atoms with Gasteiger partial charge in [-0.05, 0) is 56.2 Å². The molecule has 0 spiro atoms. The standard InChI is InChI=1S/C20H22FN3O/c1-13(2)24-14(3)23-18-10-16(7-8-19(18)24)12-22-20(25)11-15-5-4-6-17(21)9-15/h4-10,13H,11-12H2,1-3H3,(H,22,25). The number of fused-ring (bicyclic) bond motifs is 1. The molecule has 0 bridgehead atoms. The van der Waals surface area contributed by atoms with Gasteiger partial charge in [0.25, 0.3) is 0 Å². The van der Waals surface area contributed by atoms with Crippen molar-refractivity contribution in [2.75, 3.05) is 0 Å². The van der Waals surface area contributed by atoms with Crippen LogP contribution in [0.2, 0.25) is 0 Å². The Morgan fingerprint density at radius 1 is 1.20 bits per heavy atom. The summed E-state index contributed by atoms with van der Waals surface area (Å²) in [4.78, 5) is 16.7. The van der Waals surface area contributed by atoms with Gasteiger partial charge in [0.15, 0.2) is 0 Å². The number of hydrogen-bond donors (Lipinski definition) is 1. The van der Waals surface area contributed by atoms with E-state index >= 15 is 0 Å². The lowest BCUT2D eigenvalue weighted by Crippen LogP contribution is -2.24. The molecule has 3 rings (SSSR count). The molecule has 5 heteroatoms. The average Bonchev–Trinajstić information content (AvgIpc) is 2.88. The molecule has 1 N–H and O–H groups in total. The second-order valence-corrected chi connectivity index (χ2v) is 6.53. The summed E-state index contributed by atoms with van der Waals surface area (Å²) in [5.41, 5.74) is 3.69. The number of aryl methyl sites for hydroxylation is 1. The van der Waals surface area contributed by atoms with Crippen LogP contribution in [0.5, 0.6) is 0 Å². The molecule has 0 aliphatic rings. The lowest BCUT2D eigenvalue weighted by atomic mass is 10.1. The Labute approximate surface area is 146 Å². The predicted molar refractivity (Wildman–Crippen MR) is 96.8 cm³/mol. The fraction of sp³-hybridized carbons (Fsp3) is 0.300. The third kappa shape index (κ3) is 3.87. The Hall–Kier alpha value is -2.69. The lowest BCUT2D eigenvalue weighted by molar-refractivity contribution is -0.120. The van der Waals surface area contributed by atoms with Gasteiger partial charge < -0.3 is 9.88 Å². The summed E-state index contributed by atoms with van der Waals surface area (Å²) in [7, 11) is 0. The smallest absolute Gasteiger partial charge is 0.224 e. The van der Waals surface area contributed by atoms with Crippen LogP contribution >= 0.6 is 0 Å². The van der Waals surface area contributed by atoms with Gasteiger partial charge in [0, 0.05) is 12.6 Å². The van der Waals surface area contributed by atoms with Gasteiger partial charge in [-0.25, -0.2) is 9.37 Å². The number of carbonyl (C=O) groups excluding carboxylic acids is 1. The SMILES string of the molecule is Cc1nc2cc(CNC(=O)Cc3cccc(F)c3)ccc2n1C(C)C. The highest BCUT2D eigenvalue weighted by Crippen LogP contribution is 2.21. The number of nitrogens with zero attached hydrogens (tertiary/aromatic N) is 2. The molecular weight excluding hydrogens is 317 g/mol. The van der Waals surface area contributed by atoms with Crippen molar-refractivity contribution in [2.24, 2.45) is 0 Å². The van der Waals surface area contributed by atoms with Crippen LogP contribution in [-0.2, 0) is 17.8 Å². The number of imidazole rings is 1. The first-order valence-corrected chi connectivity index (χ1v) is 8.42. The maximum absolute atomic E-state index is 13.2. The third-order valence-corrected chi connectivity index (χ3v) is 4.19. The molecule has 0 atom stereocenters. The minimum Gasteiger partial charge on any atom is -0.352 e. The highest BCUT2D eigenvalue weighted by atomic mass is 19.1. The van der Waals surface area contributed by atoms with Crippen molar-refractivity contribution in [1.82, 2.24) is 14.9 Å². The van der Waals surface area contributed by atoms with Gasteiger partial charge >= 0.3 is 0 Å². The lowest BCUT2D eigenvalue weighted by Gasteiger charge is -2.11. The molecule has 0 unspecified atom stereocenters. The van der Waals surface area contributed by atoms with E-state index in [1.165, 1.54) is 12.1 Å². The normalized spacial score (nSPS) is 11.2. The Bertz CT molecular complexity index is 914. The Kier molecular flexibility index (Phi) is 4.83. The molecule has 0 aliphatic carbocycles. The topological polar surface area (TPSA) is 46.9 Å². The number of carbonyl (C=O) groups is 1. The summed E-state index contributed by atoms with van der Waals surface area (Å²) in [6, 6.07) is 12.5. The van der Waals surface area contributed by atoms with E-state index in [2.05, 4.69) is 28.7 Å². The number of amides is 1. The van der Waals surface area contributed by atoms with Crippen molar-refractivity contribution >= 4 is 16.9 Å². The largest absolute Gasteiger partial charge is 0.352 e. The maximum atomic E-state index is 13.2. The number of rotatable bonds is 5. The molecule has 0 aliphatic heterocycles.